The summed E-state index contributed by atoms with van der Waals surface area (Å²) in [6.45, 7) is 1.34. The van der Waals surface area contributed by atoms with Crippen LogP contribution in [0.15, 0.2) is 17.6 Å². The summed E-state index contributed by atoms with van der Waals surface area (Å²) in [6, 6.07) is 0. The van der Waals surface area contributed by atoms with E-state index in [1.54, 1.807) is 10.8 Å². The van der Waals surface area contributed by atoms with Crippen LogP contribution >= 0.6 is 0 Å². The van der Waals surface area contributed by atoms with Gasteiger partial charge in [-0.1, -0.05) is 0 Å². The van der Waals surface area contributed by atoms with E-state index in [-0.39, 0.29) is 11.3 Å². The van der Waals surface area contributed by atoms with Gasteiger partial charge in [-0.15, -0.1) is 0 Å². The van der Waals surface area contributed by atoms with Gasteiger partial charge in [-0.05, 0) is 12.8 Å². The summed E-state index contributed by atoms with van der Waals surface area (Å²) in [4.78, 5) is 3.85. The zero-order valence-corrected chi connectivity index (χ0v) is 9.40. The molecule has 1 aromatic rings. The van der Waals surface area contributed by atoms with E-state index in [0.29, 0.717) is 6.54 Å². The van der Waals surface area contributed by atoms with E-state index in [1.165, 1.54) is 12.5 Å². The van der Waals surface area contributed by atoms with Gasteiger partial charge in [0.15, 0.2) is 0 Å². The first kappa shape index (κ1) is 10.6. The normalized spacial score (nSPS) is 22.1. The van der Waals surface area contributed by atoms with E-state index < -0.39 is 9.84 Å². The lowest BCUT2D eigenvalue weighted by Crippen LogP contribution is -2.18. The third kappa shape index (κ3) is 2.38. The summed E-state index contributed by atoms with van der Waals surface area (Å²) in [7, 11) is -3.24. The standard InChI is InChI=1S/C9H14N2O3S/c1-15(12,13)9-10-4-5-11(9)7-8-3-2-6-14-8/h4-5,8H,2-3,6-7H2,1H3. The molecule has 1 aromatic heterocycles. The highest BCUT2D eigenvalue weighted by Gasteiger charge is 2.20. The third-order valence-corrected chi connectivity index (χ3v) is 3.44. The van der Waals surface area contributed by atoms with Crippen molar-refractivity contribution >= 4 is 9.84 Å². The lowest BCUT2D eigenvalue weighted by molar-refractivity contribution is 0.0948. The van der Waals surface area contributed by atoms with Crippen LogP contribution in [0.3, 0.4) is 0 Å². The molecule has 5 nitrogen and oxygen atoms in total. The maximum atomic E-state index is 11.4. The van der Waals surface area contributed by atoms with Crippen LogP contribution in [0.5, 0.6) is 0 Å². The predicted octanol–water partition coefficient (Wildman–Crippen LogP) is 0.466. The molecule has 1 fully saturated rings. The number of rotatable bonds is 3. The average Bonchev–Trinajstić information content (AvgIpc) is 2.73. The Balaban J connectivity index is 2.18. The molecule has 1 aliphatic heterocycles. The second-order valence-corrected chi connectivity index (χ2v) is 5.68. The van der Waals surface area contributed by atoms with Gasteiger partial charge < -0.3 is 9.30 Å². The molecule has 0 amide bonds. The predicted molar refractivity (Wildman–Crippen MR) is 54.3 cm³/mol. The molecule has 0 bridgehead atoms. The van der Waals surface area contributed by atoms with Crippen LogP contribution in [0.1, 0.15) is 12.8 Å². The Morgan fingerprint density at radius 2 is 2.47 bits per heavy atom. The summed E-state index contributed by atoms with van der Waals surface area (Å²) in [5, 5.41) is 0.123. The van der Waals surface area contributed by atoms with Crippen LogP contribution in [0, 0.1) is 0 Å². The minimum absolute atomic E-state index is 0.123. The molecule has 84 valence electrons. The molecule has 1 atom stereocenters. The summed E-state index contributed by atoms with van der Waals surface area (Å²) < 4.78 is 29.8. The maximum Gasteiger partial charge on any atom is 0.227 e. The Labute approximate surface area is 89.0 Å². The third-order valence-electron chi connectivity index (χ3n) is 2.43. The monoisotopic (exact) mass is 230 g/mol. The second-order valence-electron chi connectivity index (χ2n) is 3.77. The van der Waals surface area contributed by atoms with Crippen molar-refractivity contribution in [1.82, 2.24) is 9.55 Å². The van der Waals surface area contributed by atoms with Crippen molar-refractivity contribution in [3.05, 3.63) is 12.4 Å². The van der Waals surface area contributed by atoms with Gasteiger partial charge in [0.25, 0.3) is 0 Å². The first-order chi connectivity index (χ1) is 7.07. The molecule has 0 N–H and O–H groups in total. The first-order valence-corrected chi connectivity index (χ1v) is 6.79. The largest absolute Gasteiger partial charge is 0.376 e. The van der Waals surface area contributed by atoms with E-state index in [4.69, 9.17) is 4.74 Å². The fourth-order valence-electron chi connectivity index (χ4n) is 1.77. The summed E-state index contributed by atoms with van der Waals surface area (Å²) in [5.74, 6) is 0. The van der Waals surface area contributed by atoms with Crippen LogP contribution < -0.4 is 0 Å². The second kappa shape index (κ2) is 3.94. The van der Waals surface area contributed by atoms with E-state index in [0.717, 1.165) is 19.4 Å². The van der Waals surface area contributed by atoms with Crippen LogP contribution in [-0.4, -0.2) is 36.9 Å². The van der Waals surface area contributed by atoms with E-state index in [9.17, 15) is 8.42 Å². The molecular weight excluding hydrogens is 216 g/mol. The van der Waals surface area contributed by atoms with Crippen molar-refractivity contribution < 1.29 is 13.2 Å². The van der Waals surface area contributed by atoms with Crippen molar-refractivity contribution in [2.75, 3.05) is 12.9 Å². The molecule has 6 heteroatoms. The SMILES string of the molecule is CS(=O)(=O)c1nccn1CC1CCCO1. The molecule has 0 aromatic carbocycles. The van der Waals surface area contributed by atoms with Crippen LogP contribution in [0.25, 0.3) is 0 Å². The average molecular weight is 230 g/mol. The molecule has 1 saturated heterocycles. The molecule has 0 aliphatic carbocycles. The van der Waals surface area contributed by atoms with Gasteiger partial charge in [0.1, 0.15) is 0 Å². The Hall–Kier alpha value is -0.880. The Morgan fingerprint density at radius 3 is 3.07 bits per heavy atom. The summed E-state index contributed by atoms with van der Waals surface area (Å²) in [6.07, 6.45) is 6.51. The highest BCUT2D eigenvalue weighted by molar-refractivity contribution is 7.90. The molecule has 2 heterocycles. The number of hydrogen-bond donors (Lipinski definition) is 0. The Kier molecular flexibility index (Phi) is 2.79. The zero-order chi connectivity index (χ0) is 10.9. The molecule has 1 unspecified atom stereocenters. The van der Waals surface area contributed by atoms with Gasteiger partial charge in [-0.25, -0.2) is 13.4 Å². The Morgan fingerprint density at radius 1 is 1.67 bits per heavy atom. The van der Waals surface area contributed by atoms with E-state index in [1.807, 2.05) is 0 Å². The fourth-order valence-corrected chi connectivity index (χ4v) is 2.58. The van der Waals surface area contributed by atoms with Crippen molar-refractivity contribution in [2.45, 2.75) is 30.6 Å². The smallest absolute Gasteiger partial charge is 0.227 e. The van der Waals surface area contributed by atoms with Gasteiger partial charge in [0.2, 0.25) is 15.0 Å². The minimum Gasteiger partial charge on any atom is -0.376 e. The number of aromatic nitrogens is 2. The van der Waals surface area contributed by atoms with Crippen molar-refractivity contribution in [1.29, 1.82) is 0 Å². The van der Waals surface area contributed by atoms with Gasteiger partial charge in [0.05, 0.1) is 12.6 Å². The molecule has 2 rings (SSSR count). The van der Waals surface area contributed by atoms with Gasteiger partial charge in [-0.3, -0.25) is 0 Å². The van der Waals surface area contributed by atoms with E-state index in [2.05, 4.69) is 4.98 Å². The van der Waals surface area contributed by atoms with Crippen LogP contribution in [0.2, 0.25) is 0 Å². The zero-order valence-electron chi connectivity index (χ0n) is 8.59. The molecule has 15 heavy (non-hydrogen) atoms. The molecule has 0 spiro atoms. The number of nitrogens with zero attached hydrogens (tertiary/aromatic N) is 2. The number of imidazole rings is 1. The van der Waals surface area contributed by atoms with Crippen LogP contribution in [-0.2, 0) is 21.1 Å². The topological polar surface area (TPSA) is 61.2 Å². The molecule has 1 aliphatic rings. The minimum atomic E-state index is -3.24. The quantitative estimate of drug-likeness (QED) is 0.757. The van der Waals surface area contributed by atoms with Crippen LogP contribution in [0.4, 0.5) is 0 Å². The fraction of sp³-hybridized carbons (Fsp3) is 0.667. The summed E-state index contributed by atoms with van der Waals surface area (Å²) in [5.41, 5.74) is 0. The lowest BCUT2D eigenvalue weighted by atomic mass is 10.2. The van der Waals surface area contributed by atoms with Gasteiger partial charge in [0, 0.05) is 25.3 Å². The Bertz CT molecular complexity index is 432. The number of hydrogen-bond acceptors (Lipinski definition) is 4. The first-order valence-electron chi connectivity index (χ1n) is 4.90. The highest BCUT2D eigenvalue weighted by atomic mass is 32.2. The maximum absolute atomic E-state index is 11.4. The van der Waals surface area contributed by atoms with Crippen molar-refractivity contribution in [3.8, 4) is 0 Å². The van der Waals surface area contributed by atoms with E-state index >= 15 is 0 Å². The van der Waals surface area contributed by atoms with Gasteiger partial charge >= 0.3 is 0 Å². The molecule has 0 saturated carbocycles. The molecular formula is C9H14N2O3S. The van der Waals surface area contributed by atoms with Gasteiger partial charge in [-0.2, -0.15) is 0 Å². The van der Waals surface area contributed by atoms with Crippen molar-refractivity contribution in [3.63, 3.8) is 0 Å². The molecule has 0 radical (unpaired) electrons. The number of ether oxygens (including phenoxy) is 1. The lowest BCUT2D eigenvalue weighted by Gasteiger charge is -2.11. The van der Waals surface area contributed by atoms with Crippen molar-refractivity contribution in [2.24, 2.45) is 0 Å². The highest BCUT2D eigenvalue weighted by Crippen LogP contribution is 2.16. The number of sulfone groups is 1. The summed E-state index contributed by atoms with van der Waals surface area (Å²) >= 11 is 0.